The molecule has 2 aromatic carbocycles. The standard InChI is InChI=1S/C25H26N6O/c32-25(21-5-3-4-20-18-27-29-24(20)21)28-22-6-1-2-7-23(22)31-16-14-30(15-17-31)13-10-19-8-11-26-12-9-19/h1-9,11-12,18H,10,13-17H2,(H,27,29)(H,28,32). The second-order valence-corrected chi connectivity index (χ2v) is 8.05. The van der Waals surface area contributed by atoms with Gasteiger partial charge in [0.05, 0.1) is 28.7 Å². The van der Waals surface area contributed by atoms with Crippen LogP contribution in [-0.2, 0) is 6.42 Å². The molecular formula is C25H26N6O. The van der Waals surface area contributed by atoms with E-state index >= 15 is 0 Å². The number of rotatable bonds is 6. The van der Waals surface area contributed by atoms with Crippen LogP contribution in [0.3, 0.4) is 0 Å². The van der Waals surface area contributed by atoms with Crippen LogP contribution in [0.15, 0.2) is 73.2 Å². The first-order valence-electron chi connectivity index (χ1n) is 11.0. The number of pyridine rings is 1. The summed E-state index contributed by atoms with van der Waals surface area (Å²) in [5.74, 6) is -0.136. The normalized spacial score (nSPS) is 14.6. The Morgan fingerprint density at radius 3 is 2.62 bits per heavy atom. The van der Waals surface area contributed by atoms with E-state index in [-0.39, 0.29) is 5.91 Å². The topological polar surface area (TPSA) is 77.2 Å². The van der Waals surface area contributed by atoms with Gasteiger partial charge in [-0.15, -0.1) is 0 Å². The van der Waals surface area contributed by atoms with Crippen molar-refractivity contribution < 1.29 is 4.79 Å². The number of anilines is 2. The van der Waals surface area contributed by atoms with E-state index in [1.807, 2.05) is 48.8 Å². The van der Waals surface area contributed by atoms with Gasteiger partial charge in [0, 0.05) is 50.5 Å². The summed E-state index contributed by atoms with van der Waals surface area (Å²) < 4.78 is 0. The fourth-order valence-corrected chi connectivity index (χ4v) is 4.25. The van der Waals surface area contributed by atoms with Gasteiger partial charge < -0.3 is 10.2 Å². The van der Waals surface area contributed by atoms with Crippen LogP contribution in [0.1, 0.15) is 15.9 Å². The van der Waals surface area contributed by atoms with Gasteiger partial charge >= 0.3 is 0 Å². The van der Waals surface area contributed by atoms with Crippen LogP contribution in [0, 0.1) is 0 Å². The zero-order chi connectivity index (χ0) is 21.8. The Kier molecular flexibility index (Phi) is 5.81. The van der Waals surface area contributed by atoms with Crippen LogP contribution in [0.2, 0.25) is 0 Å². The molecule has 1 saturated heterocycles. The summed E-state index contributed by atoms with van der Waals surface area (Å²) in [5, 5.41) is 11.0. The molecule has 4 aromatic rings. The Morgan fingerprint density at radius 1 is 0.969 bits per heavy atom. The summed E-state index contributed by atoms with van der Waals surface area (Å²) in [6, 6.07) is 17.8. The molecule has 7 nitrogen and oxygen atoms in total. The molecule has 2 N–H and O–H groups in total. The third-order valence-electron chi connectivity index (χ3n) is 6.05. The lowest BCUT2D eigenvalue weighted by Crippen LogP contribution is -2.47. The monoisotopic (exact) mass is 426 g/mol. The minimum atomic E-state index is -0.136. The van der Waals surface area contributed by atoms with Gasteiger partial charge in [-0.25, -0.2) is 0 Å². The van der Waals surface area contributed by atoms with Crippen LogP contribution in [0.25, 0.3) is 10.9 Å². The molecule has 0 unspecified atom stereocenters. The zero-order valence-electron chi connectivity index (χ0n) is 17.9. The van der Waals surface area contributed by atoms with Crippen molar-refractivity contribution in [3.8, 4) is 0 Å². The van der Waals surface area contributed by atoms with Crippen molar-refractivity contribution in [2.24, 2.45) is 0 Å². The lowest BCUT2D eigenvalue weighted by Gasteiger charge is -2.37. The number of piperazine rings is 1. The maximum atomic E-state index is 13.0. The third-order valence-corrected chi connectivity index (χ3v) is 6.05. The highest BCUT2D eigenvalue weighted by Crippen LogP contribution is 2.28. The number of H-pyrrole nitrogens is 1. The Bertz CT molecular complexity index is 1200. The molecule has 2 aromatic heterocycles. The number of benzene rings is 2. The zero-order valence-corrected chi connectivity index (χ0v) is 17.9. The average molecular weight is 427 g/mol. The first kappa shape index (κ1) is 20.2. The fourth-order valence-electron chi connectivity index (χ4n) is 4.25. The lowest BCUT2D eigenvalue weighted by atomic mass is 10.1. The highest BCUT2D eigenvalue weighted by Gasteiger charge is 2.20. The van der Waals surface area contributed by atoms with Crippen molar-refractivity contribution >= 4 is 28.2 Å². The van der Waals surface area contributed by atoms with E-state index in [0.717, 1.165) is 61.4 Å². The lowest BCUT2D eigenvalue weighted by molar-refractivity contribution is 0.102. The van der Waals surface area contributed by atoms with E-state index in [2.05, 4.69) is 48.5 Å². The van der Waals surface area contributed by atoms with Gasteiger partial charge in [0.25, 0.3) is 5.91 Å². The predicted molar refractivity (Wildman–Crippen MR) is 127 cm³/mol. The summed E-state index contributed by atoms with van der Waals surface area (Å²) in [4.78, 5) is 22.0. The highest BCUT2D eigenvalue weighted by atomic mass is 16.1. The van der Waals surface area contributed by atoms with Crippen molar-refractivity contribution in [3.05, 3.63) is 84.3 Å². The predicted octanol–water partition coefficient (Wildman–Crippen LogP) is 3.57. The number of para-hydroxylation sites is 3. The molecule has 1 aliphatic rings. The molecule has 0 bridgehead atoms. The quantitative estimate of drug-likeness (QED) is 0.493. The van der Waals surface area contributed by atoms with E-state index < -0.39 is 0 Å². The number of aromatic amines is 1. The van der Waals surface area contributed by atoms with Gasteiger partial charge in [0.1, 0.15) is 0 Å². The third kappa shape index (κ3) is 4.33. The van der Waals surface area contributed by atoms with Gasteiger partial charge in [-0.05, 0) is 42.3 Å². The molecule has 32 heavy (non-hydrogen) atoms. The van der Waals surface area contributed by atoms with Crippen LogP contribution >= 0.6 is 0 Å². The Balaban J connectivity index is 1.24. The second-order valence-electron chi connectivity index (χ2n) is 8.05. The second kappa shape index (κ2) is 9.20. The minimum absolute atomic E-state index is 0.136. The highest BCUT2D eigenvalue weighted by molar-refractivity contribution is 6.12. The molecule has 7 heteroatoms. The maximum absolute atomic E-state index is 13.0. The van der Waals surface area contributed by atoms with E-state index in [1.165, 1.54) is 5.56 Å². The molecule has 0 atom stereocenters. The molecular weight excluding hydrogens is 400 g/mol. The SMILES string of the molecule is O=C(Nc1ccccc1N1CCN(CCc2ccncc2)CC1)c1cccc2cn[nH]c12. The van der Waals surface area contributed by atoms with E-state index in [1.54, 1.807) is 6.20 Å². The Labute approximate surface area is 187 Å². The maximum Gasteiger partial charge on any atom is 0.257 e. The summed E-state index contributed by atoms with van der Waals surface area (Å²) in [7, 11) is 0. The molecule has 3 heterocycles. The molecule has 1 fully saturated rings. The van der Waals surface area contributed by atoms with Gasteiger partial charge in [0.15, 0.2) is 0 Å². The molecule has 0 spiro atoms. The fraction of sp³-hybridized carbons (Fsp3) is 0.240. The number of amides is 1. The molecule has 5 rings (SSSR count). The Hall–Kier alpha value is -3.71. The van der Waals surface area contributed by atoms with Crippen molar-refractivity contribution in [3.63, 3.8) is 0 Å². The summed E-state index contributed by atoms with van der Waals surface area (Å²) in [6.07, 6.45) is 6.47. The van der Waals surface area contributed by atoms with E-state index in [0.29, 0.717) is 5.56 Å². The first-order valence-corrected chi connectivity index (χ1v) is 11.0. The van der Waals surface area contributed by atoms with Crippen molar-refractivity contribution in [1.82, 2.24) is 20.1 Å². The van der Waals surface area contributed by atoms with Gasteiger partial charge in [-0.2, -0.15) is 5.10 Å². The van der Waals surface area contributed by atoms with Crippen LogP contribution < -0.4 is 10.2 Å². The molecule has 0 saturated carbocycles. The summed E-state index contributed by atoms with van der Waals surface area (Å²) in [6.45, 7) is 4.91. The number of hydrogen-bond acceptors (Lipinski definition) is 5. The van der Waals surface area contributed by atoms with Crippen LogP contribution in [-0.4, -0.2) is 58.7 Å². The van der Waals surface area contributed by atoms with Crippen molar-refractivity contribution in [1.29, 1.82) is 0 Å². The van der Waals surface area contributed by atoms with Crippen LogP contribution in [0.4, 0.5) is 11.4 Å². The smallest absolute Gasteiger partial charge is 0.257 e. The Morgan fingerprint density at radius 2 is 1.78 bits per heavy atom. The number of nitrogens with zero attached hydrogens (tertiary/aromatic N) is 4. The number of aromatic nitrogens is 3. The summed E-state index contributed by atoms with van der Waals surface area (Å²) >= 11 is 0. The largest absolute Gasteiger partial charge is 0.367 e. The molecule has 1 aliphatic heterocycles. The average Bonchev–Trinajstić information content (AvgIpc) is 3.33. The first-order chi connectivity index (χ1) is 15.8. The number of carbonyl (C=O) groups is 1. The van der Waals surface area contributed by atoms with Gasteiger partial charge in [-0.1, -0.05) is 24.3 Å². The van der Waals surface area contributed by atoms with Crippen molar-refractivity contribution in [2.45, 2.75) is 6.42 Å². The number of hydrogen-bond donors (Lipinski definition) is 2. The van der Waals surface area contributed by atoms with Crippen molar-refractivity contribution in [2.75, 3.05) is 42.9 Å². The van der Waals surface area contributed by atoms with Gasteiger partial charge in [0.2, 0.25) is 0 Å². The number of fused-ring (bicyclic) bond motifs is 1. The molecule has 0 radical (unpaired) electrons. The van der Waals surface area contributed by atoms with E-state index in [4.69, 9.17) is 0 Å². The van der Waals surface area contributed by atoms with Gasteiger partial charge in [-0.3, -0.25) is 19.8 Å². The number of nitrogens with one attached hydrogen (secondary N) is 2. The van der Waals surface area contributed by atoms with Crippen LogP contribution in [0.5, 0.6) is 0 Å². The summed E-state index contributed by atoms with van der Waals surface area (Å²) in [5.41, 5.74) is 4.56. The molecule has 1 amide bonds. The molecule has 0 aliphatic carbocycles. The number of carbonyl (C=O) groups excluding carboxylic acids is 1. The molecule has 162 valence electrons. The minimum Gasteiger partial charge on any atom is -0.367 e. The van der Waals surface area contributed by atoms with E-state index in [9.17, 15) is 4.79 Å².